The second kappa shape index (κ2) is 7.87. The SMILES string of the molecule is Cc1ccc(NC(=O)CCNS(=O)(=O)c2ccc(Br)cc2)cc1F. The molecule has 24 heavy (non-hydrogen) atoms. The average molecular weight is 415 g/mol. The first-order valence-electron chi connectivity index (χ1n) is 7.09. The zero-order valence-corrected chi connectivity index (χ0v) is 15.2. The molecule has 0 bridgehead atoms. The van der Waals surface area contributed by atoms with Crippen molar-refractivity contribution >= 4 is 37.5 Å². The molecule has 2 aromatic rings. The first-order valence-corrected chi connectivity index (χ1v) is 9.37. The molecule has 0 aromatic heterocycles. The topological polar surface area (TPSA) is 75.3 Å². The van der Waals surface area contributed by atoms with Gasteiger partial charge < -0.3 is 5.32 Å². The quantitative estimate of drug-likeness (QED) is 0.761. The summed E-state index contributed by atoms with van der Waals surface area (Å²) in [6, 6.07) is 10.5. The Kier molecular flexibility index (Phi) is 6.09. The first-order chi connectivity index (χ1) is 11.3. The van der Waals surface area contributed by atoms with E-state index >= 15 is 0 Å². The van der Waals surface area contributed by atoms with E-state index in [2.05, 4.69) is 26.0 Å². The van der Waals surface area contributed by atoms with Gasteiger partial charge in [0.1, 0.15) is 5.82 Å². The van der Waals surface area contributed by atoms with Gasteiger partial charge in [-0.2, -0.15) is 0 Å². The summed E-state index contributed by atoms with van der Waals surface area (Å²) in [5.41, 5.74) is 0.814. The van der Waals surface area contributed by atoms with Gasteiger partial charge in [-0.05, 0) is 48.9 Å². The minimum atomic E-state index is -3.67. The minimum absolute atomic E-state index is 0.0570. The van der Waals surface area contributed by atoms with E-state index in [4.69, 9.17) is 0 Å². The number of aryl methyl sites for hydroxylation is 1. The molecule has 128 valence electrons. The highest BCUT2D eigenvalue weighted by Crippen LogP contribution is 2.15. The molecule has 2 aromatic carbocycles. The zero-order valence-electron chi connectivity index (χ0n) is 12.8. The van der Waals surface area contributed by atoms with Gasteiger partial charge in [0.05, 0.1) is 4.90 Å². The number of hydrogen-bond donors (Lipinski definition) is 2. The van der Waals surface area contributed by atoms with E-state index in [1.165, 1.54) is 18.2 Å². The summed E-state index contributed by atoms with van der Waals surface area (Å²) in [5.74, 6) is -0.819. The van der Waals surface area contributed by atoms with E-state index in [1.54, 1.807) is 31.2 Å². The number of anilines is 1. The maximum Gasteiger partial charge on any atom is 0.240 e. The monoisotopic (exact) mass is 414 g/mol. The fraction of sp³-hybridized carbons (Fsp3) is 0.188. The number of carbonyl (C=O) groups is 1. The Hall–Kier alpha value is -1.77. The van der Waals surface area contributed by atoms with Crippen LogP contribution in [0.2, 0.25) is 0 Å². The van der Waals surface area contributed by atoms with Crippen molar-refractivity contribution in [2.45, 2.75) is 18.2 Å². The van der Waals surface area contributed by atoms with E-state index in [9.17, 15) is 17.6 Å². The van der Waals surface area contributed by atoms with E-state index in [-0.39, 0.29) is 17.9 Å². The summed E-state index contributed by atoms with van der Waals surface area (Å²) >= 11 is 3.23. The van der Waals surface area contributed by atoms with Crippen LogP contribution in [0.4, 0.5) is 10.1 Å². The van der Waals surface area contributed by atoms with Crippen molar-refractivity contribution in [3.05, 3.63) is 58.3 Å². The molecule has 0 saturated heterocycles. The smallest absolute Gasteiger partial charge is 0.240 e. The summed E-state index contributed by atoms with van der Waals surface area (Å²) < 4.78 is 40.6. The normalized spacial score (nSPS) is 11.3. The molecule has 2 N–H and O–H groups in total. The summed E-state index contributed by atoms with van der Waals surface area (Å²) in [6.45, 7) is 1.57. The average Bonchev–Trinajstić information content (AvgIpc) is 2.51. The van der Waals surface area contributed by atoms with E-state index in [1.807, 2.05) is 0 Å². The third-order valence-corrected chi connectivity index (χ3v) is 5.23. The molecular weight excluding hydrogens is 399 g/mol. The Morgan fingerprint density at radius 3 is 2.46 bits per heavy atom. The number of carbonyl (C=O) groups excluding carboxylic acids is 1. The van der Waals surface area contributed by atoms with Crippen LogP contribution in [0.1, 0.15) is 12.0 Å². The van der Waals surface area contributed by atoms with Crippen LogP contribution >= 0.6 is 15.9 Å². The molecule has 0 atom stereocenters. The van der Waals surface area contributed by atoms with Crippen LogP contribution in [0.15, 0.2) is 51.8 Å². The van der Waals surface area contributed by atoms with Gasteiger partial charge >= 0.3 is 0 Å². The Labute approximate surface area is 148 Å². The molecule has 0 radical (unpaired) electrons. The summed E-state index contributed by atoms with van der Waals surface area (Å²) in [5, 5.41) is 2.52. The van der Waals surface area contributed by atoms with E-state index in [0.717, 1.165) is 4.47 Å². The van der Waals surface area contributed by atoms with E-state index in [0.29, 0.717) is 11.3 Å². The Bertz CT molecular complexity index is 839. The maximum atomic E-state index is 13.4. The summed E-state index contributed by atoms with van der Waals surface area (Å²) in [6.07, 6.45) is -0.0642. The number of nitrogens with one attached hydrogen (secondary N) is 2. The second-order valence-electron chi connectivity index (χ2n) is 5.11. The van der Waals surface area contributed by atoms with Crippen LogP contribution in [0.5, 0.6) is 0 Å². The molecule has 2 rings (SSSR count). The number of benzene rings is 2. The lowest BCUT2D eigenvalue weighted by atomic mass is 10.2. The van der Waals surface area contributed by atoms with Crippen molar-refractivity contribution in [1.82, 2.24) is 4.72 Å². The minimum Gasteiger partial charge on any atom is -0.326 e. The molecule has 0 saturated carbocycles. The lowest BCUT2D eigenvalue weighted by Gasteiger charge is -2.08. The Balaban J connectivity index is 1.87. The van der Waals surface area contributed by atoms with Crippen LogP contribution in [0.3, 0.4) is 0 Å². The molecule has 1 amide bonds. The third-order valence-electron chi connectivity index (χ3n) is 3.22. The van der Waals surface area contributed by atoms with Crippen molar-refractivity contribution in [3.8, 4) is 0 Å². The summed E-state index contributed by atoms with van der Waals surface area (Å²) in [4.78, 5) is 11.9. The molecule has 0 fully saturated rings. The highest BCUT2D eigenvalue weighted by molar-refractivity contribution is 9.10. The standard InChI is InChI=1S/C16H16BrFN2O3S/c1-11-2-5-13(10-15(11)18)20-16(21)8-9-19-24(22,23)14-6-3-12(17)4-7-14/h2-7,10,19H,8-9H2,1H3,(H,20,21). The lowest BCUT2D eigenvalue weighted by molar-refractivity contribution is -0.116. The Morgan fingerprint density at radius 2 is 1.83 bits per heavy atom. The lowest BCUT2D eigenvalue weighted by Crippen LogP contribution is -2.27. The molecule has 5 nitrogen and oxygen atoms in total. The first kappa shape index (κ1) is 18.6. The number of hydrogen-bond acceptors (Lipinski definition) is 3. The van der Waals surface area contributed by atoms with Crippen molar-refractivity contribution in [1.29, 1.82) is 0 Å². The highest BCUT2D eigenvalue weighted by Gasteiger charge is 2.14. The predicted molar refractivity (Wildman–Crippen MR) is 93.7 cm³/mol. The maximum absolute atomic E-state index is 13.4. The van der Waals surface area contributed by atoms with Crippen LogP contribution < -0.4 is 10.0 Å². The van der Waals surface area contributed by atoms with Crippen molar-refractivity contribution in [2.24, 2.45) is 0 Å². The number of amides is 1. The Morgan fingerprint density at radius 1 is 1.17 bits per heavy atom. The van der Waals surface area contributed by atoms with Crippen LogP contribution in [0, 0.1) is 12.7 Å². The van der Waals surface area contributed by atoms with Crippen molar-refractivity contribution in [2.75, 3.05) is 11.9 Å². The molecule has 0 spiro atoms. The van der Waals surface area contributed by atoms with Gasteiger partial charge in [-0.1, -0.05) is 22.0 Å². The molecule has 0 aliphatic carbocycles. The number of rotatable bonds is 6. The van der Waals surface area contributed by atoms with Gasteiger partial charge in [-0.15, -0.1) is 0 Å². The van der Waals surface area contributed by atoms with Gasteiger partial charge in [0.2, 0.25) is 15.9 Å². The largest absolute Gasteiger partial charge is 0.326 e. The number of halogens is 2. The molecule has 0 heterocycles. The van der Waals surface area contributed by atoms with Crippen LogP contribution in [-0.4, -0.2) is 20.9 Å². The van der Waals surface area contributed by atoms with Gasteiger partial charge in [-0.25, -0.2) is 17.5 Å². The molecule has 0 aliphatic rings. The fourth-order valence-corrected chi connectivity index (χ4v) is 3.19. The van der Waals surface area contributed by atoms with Crippen LogP contribution in [0.25, 0.3) is 0 Å². The third kappa shape index (κ3) is 5.12. The van der Waals surface area contributed by atoms with Crippen LogP contribution in [-0.2, 0) is 14.8 Å². The molecule has 8 heteroatoms. The molecular formula is C16H16BrFN2O3S. The summed E-state index contributed by atoms with van der Waals surface area (Å²) in [7, 11) is -3.67. The van der Waals surface area contributed by atoms with Crippen molar-refractivity contribution in [3.63, 3.8) is 0 Å². The number of sulfonamides is 1. The second-order valence-corrected chi connectivity index (χ2v) is 7.80. The van der Waals surface area contributed by atoms with E-state index < -0.39 is 21.7 Å². The molecule has 0 aliphatic heterocycles. The van der Waals surface area contributed by atoms with Crippen molar-refractivity contribution < 1.29 is 17.6 Å². The highest BCUT2D eigenvalue weighted by atomic mass is 79.9. The zero-order chi connectivity index (χ0) is 17.7. The molecule has 0 unspecified atom stereocenters. The van der Waals surface area contributed by atoms with Gasteiger partial charge in [0.25, 0.3) is 0 Å². The van der Waals surface area contributed by atoms with Gasteiger partial charge in [0.15, 0.2) is 0 Å². The fourth-order valence-electron chi connectivity index (χ4n) is 1.89. The van der Waals surface area contributed by atoms with Gasteiger partial charge in [-0.3, -0.25) is 4.79 Å². The predicted octanol–water partition coefficient (Wildman–Crippen LogP) is 3.20. The van der Waals surface area contributed by atoms with Gasteiger partial charge in [0, 0.05) is 23.1 Å².